The number of carbonyl (C=O) groups is 1. The topological polar surface area (TPSA) is 75.7 Å². The molecule has 0 aliphatic carbocycles. The summed E-state index contributed by atoms with van der Waals surface area (Å²) in [6.45, 7) is 5.41. The highest BCUT2D eigenvalue weighted by atomic mass is 35.5. The summed E-state index contributed by atoms with van der Waals surface area (Å²) in [7, 11) is -4.35. The summed E-state index contributed by atoms with van der Waals surface area (Å²) in [5.41, 5.74) is -0.727. The molecule has 0 bridgehead atoms. The first kappa shape index (κ1) is 26.9. The van der Waals surface area contributed by atoms with Crippen LogP contribution in [0.3, 0.4) is 0 Å². The molecule has 2 rings (SSSR count). The normalized spacial score (nSPS) is 12.1. The number of carbonyl (C=O) groups excluding carboxylic acids is 1. The molecule has 0 aromatic heterocycles. The first-order valence-corrected chi connectivity index (χ1v) is 12.0. The third kappa shape index (κ3) is 7.62. The Morgan fingerprint density at radius 1 is 1.15 bits per heavy atom. The lowest BCUT2D eigenvalue weighted by Crippen LogP contribution is -2.41. The lowest BCUT2D eigenvalue weighted by atomic mass is 10.2. The lowest BCUT2D eigenvalue weighted by molar-refractivity contribution is -0.137. The first-order chi connectivity index (χ1) is 15.3. The van der Waals surface area contributed by atoms with Crippen molar-refractivity contribution in [1.29, 1.82) is 0 Å². The first-order valence-electron chi connectivity index (χ1n) is 10.2. The maximum atomic E-state index is 13.4. The van der Waals surface area contributed by atoms with Crippen LogP contribution in [0, 0.1) is 6.92 Å². The zero-order chi connectivity index (χ0) is 24.8. The molecule has 6 nitrogen and oxygen atoms in total. The minimum Gasteiger partial charge on any atom is -0.379 e. The van der Waals surface area contributed by atoms with E-state index in [0.29, 0.717) is 23.4 Å². The van der Waals surface area contributed by atoms with Crippen LogP contribution in [-0.2, 0) is 25.7 Å². The van der Waals surface area contributed by atoms with E-state index in [1.54, 1.807) is 19.1 Å². The Balaban J connectivity index is 2.35. The van der Waals surface area contributed by atoms with Gasteiger partial charge in [-0.15, -0.1) is 0 Å². The molecule has 0 radical (unpaired) electrons. The molecule has 0 atom stereocenters. The Morgan fingerprint density at radius 2 is 1.79 bits per heavy atom. The van der Waals surface area contributed by atoms with Crippen molar-refractivity contribution in [1.82, 2.24) is 5.32 Å². The molecule has 182 valence electrons. The molecule has 0 aliphatic rings. The van der Waals surface area contributed by atoms with Crippen LogP contribution in [0.25, 0.3) is 0 Å². The Morgan fingerprint density at radius 3 is 2.36 bits per heavy atom. The Kier molecular flexibility index (Phi) is 9.16. The number of rotatable bonds is 10. The number of sulfonamides is 1. The Labute approximate surface area is 196 Å². The van der Waals surface area contributed by atoms with E-state index in [1.165, 1.54) is 12.1 Å². The molecular weight excluding hydrogens is 481 g/mol. The Hall–Kier alpha value is -2.30. The van der Waals surface area contributed by atoms with Crippen LogP contribution in [-0.4, -0.2) is 40.1 Å². The van der Waals surface area contributed by atoms with Crippen molar-refractivity contribution in [2.75, 3.05) is 24.0 Å². The molecule has 0 heterocycles. The SMILES string of the molecule is Cc1ccc(S(=O)(=O)N(CC(=O)NCCCOC(C)C)c2ccc(Cl)c(C(F)(F)F)c2)cc1. The van der Waals surface area contributed by atoms with Crippen LogP contribution in [0.1, 0.15) is 31.4 Å². The fourth-order valence-electron chi connectivity index (χ4n) is 2.84. The van der Waals surface area contributed by atoms with Gasteiger partial charge in [-0.3, -0.25) is 9.10 Å². The molecule has 2 aromatic rings. The molecule has 0 spiro atoms. The molecule has 0 aliphatic heterocycles. The number of anilines is 1. The summed E-state index contributed by atoms with van der Waals surface area (Å²) in [6, 6.07) is 8.49. The predicted octanol–water partition coefficient (Wildman–Crippen LogP) is 4.79. The number of nitrogens with one attached hydrogen (secondary N) is 1. The van der Waals surface area contributed by atoms with Gasteiger partial charge in [0.05, 0.1) is 27.3 Å². The maximum absolute atomic E-state index is 13.4. The number of ether oxygens (including phenoxy) is 1. The summed E-state index contributed by atoms with van der Waals surface area (Å²) in [5, 5.41) is 2.00. The summed E-state index contributed by atoms with van der Waals surface area (Å²) >= 11 is 5.68. The molecule has 1 N–H and O–H groups in total. The van der Waals surface area contributed by atoms with Gasteiger partial charge in [-0.25, -0.2) is 8.42 Å². The number of benzene rings is 2. The third-order valence-electron chi connectivity index (χ3n) is 4.53. The summed E-state index contributed by atoms with van der Waals surface area (Å²) < 4.78 is 72.7. The van der Waals surface area contributed by atoms with Crippen LogP contribution in [0.4, 0.5) is 18.9 Å². The van der Waals surface area contributed by atoms with Gasteiger partial charge in [0.2, 0.25) is 5.91 Å². The fraction of sp³-hybridized carbons (Fsp3) is 0.409. The molecule has 33 heavy (non-hydrogen) atoms. The van der Waals surface area contributed by atoms with Gasteiger partial charge in [0, 0.05) is 13.2 Å². The maximum Gasteiger partial charge on any atom is 0.417 e. The second-order valence-corrected chi connectivity index (χ2v) is 9.88. The standard InChI is InChI=1S/C22H26ClF3N2O4S/c1-15(2)32-12-4-11-27-21(29)14-28(33(30,31)18-8-5-16(3)6-9-18)17-7-10-20(23)19(13-17)22(24,25)26/h5-10,13,15H,4,11-12,14H2,1-3H3,(H,27,29). The molecular formula is C22H26ClF3N2O4S. The number of alkyl halides is 3. The van der Waals surface area contributed by atoms with Gasteiger partial charge in [-0.1, -0.05) is 29.3 Å². The highest BCUT2D eigenvalue weighted by Gasteiger charge is 2.35. The summed E-state index contributed by atoms with van der Waals surface area (Å²) in [5.74, 6) is -0.668. The fourth-order valence-corrected chi connectivity index (χ4v) is 4.48. The summed E-state index contributed by atoms with van der Waals surface area (Å²) in [6.07, 6.45) is -4.28. The average molecular weight is 507 g/mol. The van der Waals surface area contributed by atoms with Crippen molar-refractivity contribution in [2.24, 2.45) is 0 Å². The molecule has 0 saturated heterocycles. The van der Waals surface area contributed by atoms with Crippen molar-refractivity contribution in [3.8, 4) is 0 Å². The second-order valence-electron chi connectivity index (χ2n) is 7.61. The van der Waals surface area contributed by atoms with E-state index in [4.69, 9.17) is 16.3 Å². The highest BCUT2D eigenvalue weighted by molar-refractivity contribution is 7.92. The van der Waals surface area contributed by atoms with Crippen LogP contribution in [0.2, 0.25) is 5.02 Å². The van der Waals surface area contributed by atoms with Gasteiger partial charge in [0.1, 0.15) is 6.54 Å². The zero-order valence-corrected chi connectivity index (χ0v) is 20.0. The molecule has 11 heteroatoms. The van der Waals surface area contributed by atoms with E-state index in [1.807, 2.05) is 13.8 Å². The number of hydrogen-bond acceptors (Lipinski definition) is 4. The Bertz CT molecular complexity index is 1060. The van der Waals surface area contributed by atoms with E-state index in [0.717, 1.165) is 17.7 Å². The highest BCUT2D eigenvalue weighted by Crippen LogP contribution is 2.38. The van der Waals surface area contributed by atoms with Crippen LogP contribution < -0.4 is 9.62 Å². The predicted molar refractivity (Wildman–Crippen MR) is 121 cm³/mol. The molecule has 0 saturated carbocycles. The van der Waals surface area contributed by atoms with Crippen molar-refractivity contribution in [3.05, 3.63) is 58.6 Å². The van der Waals surface area contributed by atoms with E-state index in [-0.39, 0.29) is 23.2 Å². The number of hydrogen-bond donors (Lipinski definition) is 1. The van der Waals surface area contributed by atoms with Crippen LogP contribution in [0.15, 0.2) is 47.4 Å². The molecule has 1 amide bonds. The van der Waals surface area contributed by atoms with Gasteiger partial charge in [0.15, 0.2) is 0 Å². The van der Waals surface area contributed by atoms with Gasteiger partial charge in [-0.2, -0.15) is 13.2 Å². The quantitative estimate of drug-likeness (QED) is 0.470. The third-order valence-corrected chi connectivity index (χ3v) is 6.65. The number of nitrogens with zero attached hydrogens (tertiary/aromatic N) is 1. The average Bonchev–Trinajstić information content (AvgIpc) is 2.71. The largest absolute Gasteiger partial charge is 0.417 e. The number of aryl methyl sites for hydroxylation is 1. The van der Waals surface area contributed by atoms with Crippen LogP contribution >= 0.6 is 11.6 Å². The van der Waals surface area contributed by atoms with Gasteiger partial charge < -0.3 is 10.1 Å². The van der Waals surface area contributed by atoms with Crippen molar-refractivity contribution in [3.63, 3.8) is 0 Å². The van der Waals surface area contributed by atoms with Gasteiger partial charge in [-0.05, 0) is 57.5 Å². The van der Waals surface area contributed by atoms with Crippen molar-refractivity contribution >= 4 is 33.2 Å². The smallest absolute Gasteiger partial charge is 0.379 e. The van der Waals surface area contributed by atoms with Gasteiger partial charge in [0.25, 0.3) is 10.0 Å². The second kappa shape index (κ2) is 11.2. The van der Waals surface area contributed by atoms with Gasteiger partial charge >= 0.3 is 6.18 Å². The van der Waals surface area contributed by atoms with Crippen LogP contribution in [0.5, 0.6) is 0 Å². The minimum absolute atomic E-state index is 0.0311. The minimum atomic E-state index is -4.80. The lowest BCUT2D eigenvalue weighted by Gasteiger charge is -2.25. The molecule has 2 aromatic carbocycles. The zero-order valence-electron chi connectivity index (χ0n) is 18.4. The van der Waals surface area contributed by atoms with E-state index in [2.05, 4.69) is 5.32 Å². The number of halogens is 4. The van der Waals surface area contributed by atoms with E-state index < -0.39 is 39.2 Å². The molecule has 0 fully saturated rings. The number of amides is 1. The van der Waals surface area contributed by atoms with Crippen molar-refractivity contribution < 1.29 is 31.1 Å². The summed E-state index contributed by atoms with van der Waals surface area (Å²) in [4.78, 5) is 12.3. The monoisotopic (exact) mass is 506 g/mol. The van der Waals surface area contributed by atoms with Crippen molar-refractivity contribution in [2.45, 2.75) is 44.4 Å². The van der Waals surface area contributed by atoms with E-state index >= 15 is 0 Å². The van der Waals surface area contributed by atoms with E-state index in [9.17, 15) is 26.4 Å². The molecule has 0 unspecified atom stereocenters.